The van der Waals surface area contributed by atoms with Crippen LogP contribution in [0.5, 0.6) is 0 Å². The van der Waals surface area contributed by atoms with E-state index in [1.54, 1.807) is 24.3 Å². The summed E-state index contributed by atoms with van der Waals surface area (Å²) < 4.78 is 0. The van der Waals surface area contributed by atoms with E-state index in [1.807, 2.05) is 66.7 Å². The fraction of sp³-hybridized carbons (Fsp3) is 0.0455. The molecule has 6 heteroatoms. The first kappa shape index (κ1) is 19.3. The Kier molecular flexibility index (Phi) is 6.49. The van der Waals surface area contributed by atoms with E-state index in [1.165, 1.54) is 0 Å². The fourth-order valence-electron chi connectivity index (χ4n) is 2.77. The summed E-state index contributed by atoms with van der Waals surface area (Å²) in [6.07, 6.45) is 0. The van der Waals surface area contributed by atoms with Crippen molar-refractivity contribution in [3.05, 3.63) is 108 Å². The Morgan fingerprint density at radius 2 is 1.14 bits per heavy atom. The van der Waals surface area contributed by atoms with E-state index < -0.39 is 5.92 Å². The van der Waals surface area contributed by atoms with Crippen LogP contribution in [0.1, 0.15) is 27.4 Å². The van der Waals surface area contributed by atoms with Crippen molar-refractivity contribution in [3.8, 4) is 0 Å². The summed E-state index contributed by atoms with van der Waals surface area (Å²) in [5.74, 6) is -1.15. The Balaban J connectivity index is 1.66. The highest BCUT2D eigenvalue weighted by atomic mass is 32.1. The van der Waals surface area contributed by atoms with Crippen LogP contribution in [0.4, 0.5) is 0 Å². The Morgan fingerprint density at radius 1 is 0.679 bits per heavy atom. The van der Waals surface area contributed by atoms with E-state index in [2.05, 4.69) is 16.2 Å². The van der Waals surface area contributed by atoms with Gasteiger partial charge in [-0.05, 0) is 35.5 Å². The van der Waals surface area contributed by atoms with Crippen LogP contribution in [0.15, 0.2) is 91.0 Å². The van der Waals surface area contributed by atoms with E-state index in [0.717, 1.165) is 11.1 Å². The number of hydrazine groups is 1. The predicted octanol–water partition coefficient (Wildman–Crippen LogP) is 3.15. The molecule has 0 spiro atoms. The molecule has 0 fully saturated rings. The summed E-state index contributed by atoms with van der Waals surface area (Å²) in [6, 6.07) is 27.6. The van der Waals surface area contributed by atoms with Crippen molar-refractivity contribution in [3.63, 3.8) is 0 Å². The van der Waals surface area contributed by atoms with Crippen molar-refractivity contribution >= 4 is 29.1 Å². The molecule has 0 saturated heterocycles. The first-order chi connectivity index (χ1) is 13.6. The van der Waals surface area contributed by atoms with Gasteiger partial charge in [0.2, 0.25) is 5.91 Å². The minimum atomic E-state index is -0.512. The molecule has 2 amide bonds. The average Bonchev–Trinajstić information content (AvgIpc) is 2.74. The second kappa shape index (κ2) is 9.43. The van der Waals surface area contributed by atoms with Gasteiger partial charge in [0.25, 0.3) is 5.91 Å². The lowest BCUT2D eigenvalue weighted by atomic mass is 9.91. The minimum Gasteiger partial charge on any atom is -0.298 e. The monoisotopic (exact) mass is 389 g/mol. The maximum Gasteiger partial charge on any atom is 0.257 e. The third kappa shape index (κ3) is 5.02. The summed E-state index contributed by atoms with van der Waals surface area (Å²) in [4.78, 5) is 25.0. The smallest absolute Gasteiger partial charge is 0.257 e. The lowest BCUT2D eigenvalue weighted by molar-refractivity contribution is -0.122. The molecule has 3 aromatic rings. The van der Waals surface area contributed by atoms with Gasteiger partial charge in [0, 0.05) is 5.56 Å². The minimum absolute atomic E-state index is 0.0158. The van der Waals surface area contributed by atoms with Crippen molar-refractivity contribution in [2.75, 3.05) is 0 Å². The van der Waals surface area contributed by atoms with Crippen LogP contribution in [-0.2, 0) is 4.79 Å². The third-order valence-electron chi connectivity index (χ3n) is 4.09. The molecular weight excluding hydrogens is 370 g/mol. The number of benzene rings is 3. The van der Waals surface area contributed by atoms with Gasteiger partial charge in [0.15, 0.2) is 5.11 Å². The van der Waals surface area contributed by atoms with Gasteiger partial charge in [-0.1, -0.05) is 78.9 Å². The number of rotatable bonds is 4. The number of hydrogen-bond donors (Lipinski definition) is 3. The normalized spacial score (nSPS) is 10.2. The summed E-state index contributed by atoms with van der Waals surface area (Å²) in [6.45, 7) is 0. The quantitative estimate of drug-likeness (QED) is 0.474. The van der Waals surface area contributed by atoms with Crippen LogP contribution in [0.25, 0.3) is 0 Å². The number of amides is 2. The van der Waals surface area contributed by atoms with E-state index in [-0.39, 0.29) is 16.9 Å². The summed E-state index contributed by atoms with van der Waals surface area (Å²) in [5, 5.41) is 2.55. The fourth-order valence-corrected chi connectivity index (χ4v) is 2.92. The van der Waals surface area contributed by atoms with Gasteiger partial charge in [0.05, 0.1) is 5.92 Å². The molecule has 5 nitrogen and oxygen atoms in total. The number of nitrogens with one attached hydrogen (secondary N) is 3. The van der Waals surface area contributed by atoms with Crippen LogP contribution < -0.4 is 16.2 Å². The molecule has 0 aliphatic heterocycles. The lowest BCUT2D eigenvalue weighted by Crippen LogP contribution is -2.49. The molecule has 140 valence electrons. The van der Waals surface area contributed by atoms with Crippen LogP contribution in [0, 0.1) is 0 Å². The number of hydrogen-bond acceptors (Lipinski definition) is 3. The SMILES string of the molecule is O=C(NC(=S)NNC(=O)C(c1ccccc1)c1ccccc1)c1ccccc1. The molecule has 0 bridgehead atoms. The molecule has 0 heterocycles. The molecule has 0 aromatic heterocycles. The van der Waals surface area contributed by atoms with E-state index in [0.29, 0.717) is 5.56 Å². The molecule has 0 aliphatic carbocycles. The Morgan fingerprint density at radius 3 is 1.64 bits per heavy atom. The lowest BCUT2D eigenvalue weighted by Gasteiger charge is -2.19. The summed E-state index contributed by atoms with van der Waals surface area (Å²) >= 11 is 5.11. The molecule has 0 radical (unpaired) electrons. The highest BCUT2D eigenvalue weighted by molar-refractivity contribution is 7.80. The Labute approximate surface area is 168 Å². The molecule has 3 N–H and O–H groups in total. The van der Waals surface area contributed by atoms with Gasteiger partial charge in [-0.15, -0.1) is 0 Å². The Hall–Kier alpha value is -3.51. The zero-order valence-corrected chi connectivity index (χ0v) is 15.8. The predicted molar refractivity (Wildman–Crippen MR) is 113 cm³/mol. The zero-order valence-electron chi connectivity index (χ0n) is 15.0. The van der Waals surface area contributed by atoms with Crippen LogP contribution in [-0.4, -0.2) is 16.9 Å². The molecule has 3 aromatic carbocycles. The van der Waals surface area contributed by atoms with E-state index in [4.69, 9.17) is 12.2 Å². The molecule has 0 saturated carbocycles. The molecule has 3 rings (SSSR count). The second-order valence-electron chi connectivity index (χ2n) is 6.02. The van der Waals surface area contributed by atoms with Gasteiger partial charge in [-0.25, -0.2) is 0 Å². The number of thiocarbonyl (C=S) groups is 1. The van der Waals surface area contributed by atoms with Crippen molar-refractivity contribution in [2.24, 2.45) is 0 Å². The number of carbonyl (C=O) groups excluding carboxylic acids is 2. The summed E-state index contributed by atoms with van der Waals surface area (Å²) in [7, 11) is 0. The maximum atomic E-state index is 12.9. The standard InChI is InChI=1S/C22H19N3O2S/c26-20(18-14-8-3-9-15-18)23-22(28)25-24-21(27)19(16-10-4-1-5-11-16)17-12-6-2-7-13-17/h1-15,19H,(H,24,27)(H2,23,25,26,28). The zero-order chi connectivity index (χ0) is 19.8. The molecule has 0 aliphatic rings. The first-order valence-corrected chi connectivity index (χ1v) is 9.12. The van der Waals surface area contributed by atoms with Gasteiger partial charge < -0.3 is 0 Å². The van der Waals surface area contributed by atoms with Gasteiger partial charge in [-0.3, -0.25) is 25.8 Å². The highest BCUT2D eigenvalue weighted by Gasteiger charge is 2.22. The second-order valence-corrected chi connectivity index (χ2v) is 6.43. The van der Waals surface area contributed by atoms with Crippen LogP contribution in [0.2, 0.25) is 0 Å². The van der Waals surface area contributed by atoms with E-state index in [9.17, 15) is 9.59 Å². The largest absolute Gasteiger partial charge is 0.298 e. The molecule has 0 atom stereocenters. The first-order valence-electron chi connectivity index (χ1n) is 8.71. The number of carbonyl (C=O) groups is 2. The van der Waals surface area contributed by atoms with Crippen molar-refractivity contribution in [2.45, 2.75) is 5.92 Å². The van der Waals surface area contributed by atoms with Crippen molar-refractivity contribution < 1.29 is 9.59 Å². The van der Waals surface area contributed by atoms with Gasteiger partial charge in [0.1, 0.15) is 0 Å². The van der Waals surface area contributed by atoms with Crippen LogP contribution >= 0.6 is 12.2 Å². The van der Waals surface area contributed by atoms with Crippen molar-refractivity contribution in [1.82, 2.24) is 16.2 Å². The van der Waals surface area contributed by atoms with E-state index >= 15 is 0 Å². The molecule has 28 heavy (non-hydrogen) atoms. The van der Waals surface area contributed by atoms with Gasteiger partial charge >= 0.3 is 0 Å². The highest BCUT2D eigenvalue weighted by Crippen LogP contribution is 2.24. The topological polar surface area (TPSA) is 70.2 Å². The van der Waals surface area contributed by atoms with Gasteiger partial charge in [-0.2, -0.15) is 0 Å². The Bertz CT molecular complexity index is 908. The third-order valence-corrected chi connectivity index (χ3v) is 4.29. The van der Waals surface area contributed by atoms with Crippen molar-refractivity contribution in [1.29, 1.82) is 0 Å². The maximum absolute atomic E-state index is 12.9. The van der Waals surface area contributed by atoms with Crippen LogP contribution in [0.3, 0.4) is 0 Å². The molecular formula is C22H19N3O2S. The summed E-state index contributed by atoms with van der Waals surface area (Å²) in [5.41, 5.74) is 7.38. The average molecular weight is 389 g/mol. The molecule has 0 unspecified atom stereocenters.